The fraction of sp³-hybridized carbons (Fsp3) is 0.238. The number of carbonyl (C=O) groups is 1. The smallest absolute Gasteiger partial charge is 0.263 e. The first kappa shape index (κ1) is 21.0. The number of aromatic nitrogens is 1. The monoisotopic (exact) mass is 429 g/mol. The zero-order valence-corrected chi connectivity index (χ0v) is 18.1. The van der Waals surface area contributed by atoms with Crippen LogP contribution in [0, 0.1) is 0 Å². The van der Waals surface area contributed by atoms with Gasteiger partial charge in [0, 0.05) is 23.6 Å². The molecule has 152 valence electrons. The van der Waals surface area contributed by atoms with Gasteiger partial charge in [-0.3, -0.25) is 9.52 Å². The van der Waals surface area contributed by atoms with Crippen LogP contribution in [-0.4, -0.2) is 19.3 Å². The van der Waals surface area contributed by atoms with E-state index in [0.29, 0.717) is 16.7 Å². The molecule has 3 rings (SSSR count). The molecular formula is C21H23N3O3S2. The highest BCUT2D eigenvalue weighted by molar-refractivity contribution is 7.93. The topological polar surface area (TPSA) is 88.2 Å². The summed E-state index contributed by atoms with van der Waals surface area (Å²) in [4.78, 5) is 15.6. The Morgan fingerprint density at radius 1 is 1.10 bits per heavy atom. The van der Waals surface area contributed by atoms with E-state index in [0.717, 1.165) is 17.7 Å². The molecule has 1 aromatic heterocycles. The number of rotatable bonds is 7. The quantitative estimate of drug-likeness (QED) is 0.548. The second-order valence-corrected chi connectivity index (χ2v) is 9.32. The van der Waals surface area contributed by atoms with Gasteiger partial charge in [-0.25, -0.2) is 13.4 Å². The van der Waals surface area contributed by atoms with Gasteiger partial charge in [-0.15, -0.1) is 11.3 Å². The summed E-state index contributed by atoms with van der Waals surface area (Å²) in [6.07, 6.45) is 1.08. The van der Waals surface area contributed by atoms with Crippen LogP contribution in [-0.2, 0) is 14.8 Å². The highest BCUT2D eigenvalue weighted by atomic mass is 32.2. The van der Waals surface area contributed by atoms with Crippen molar-refractivity contribution in [2.75, 3.05) is 10.0 Å². The molecule has 0 fully saturated rings. The number of hydrogen-bond acceptors (Lipinski definition) is 5. The van der Waals surface area contributed by atoms with Gasteiger partial charge in [0.2, 0.25) is 5.91 Å². The van der Waals surface area contributed by atoms with Crippen molar-refractivity contribution in [3.8, 4) is 11.3 Å². The lowest BCUT2D eigenvalue weighted by atomic mass is 9.97. The third kappa shape index (κ3) is 5.21. The van der Waals surface area contributed by atoms with Gasteiger partial charge in [0.1, 0.15) is 0 Å². The maximum Gasteiger partial charge on any atom is 0.263 e. The van der Waals surface area contributed by atoms with E-state index in [4.69, 9.17) is 0 Å². The zero-order chi connectivity index (χ0) is 21.0. The molecule has 0 aliphatic rings. The van der Waals surface area contributed by atoms with Crippen molar-refractivity contribution < 1.29 is 13.2 Å². The standard InChI is InChI=1S/C21H23N3O3S2/c1-4-14(2)16-5-7-17(8-6-16)20-13-28-21(23-20)24-29(26,27)19-11-9-18(10-12-19)22-15(3)25/h5-14H,4H2,1-3H3,(H,22,25)(H,23,24)/t14-/m1/s1. The Balaban J connectivity index is 1.74. The summed E-state index contributed by atoms with van der Waals surface area (Å²) < 4.78 is 27.7. The Labute approximate surface area is 175 Å². The van der Waals surface area contributed by atoms with Gasteiger partial charge < -0.3 is 5.32 Å². The van der Waals surface area contributed by atoms with Gasteiger partial charge >= 0.3 is 0 Å². The summed E-state index contributed by atoms with van der Waals surface area (Å²) in [5.41, 5.74) is 3.48. The van der Waals surface area contributed by atoms with E-state index in [-0.39, 0.29) is 10.8 Å². The van der Waals surface area contributed by atoms with Crippen molar-refractivity contribution in [3.05, 3.63) is 59.5 Å². The first-order valence-corrected chi connectivity index (χ1v) is 11.6. The molecule has 2 aromatic carbocycles. The molecule has 8 heteroatoms. The summed E-state index contributed by atoms with van der Waals surface area (Å²) in [5, 5.41) is 4.74. The number of hydrogen-bond donors (Lipinski definition) is 2. The highest BCUT2D eigenvalue weighted by Gasteiger charge is 2.17. The Morgan fingerprint density at radius 2 is 1.76 bits per heavy atom. The van der Waals surface area contributed by atoms with Crippen LogP contribution in [0.5, 0.6) is 0 Å². The molecule has 3 aromatic rings. The molecule has 2 N–H and O–H groups in total. The predicted octanol–water partition coefficient (Wildman–Crippen LogP) is 5.08. The number of amides is 1. The average Bonchev–Trinajstić information content (AvgIpc) is 3.15. The van der Waals surface area contributed by atoms with Crippen LogP contribution in [0.15, 0.2) is 58.8 Å². The van der Waals surface area contributed by atoms with Crippen molar-refractivity contribution in [3.63, 3.8) is 0 Å². The first-order chi connectivity index (χ1) is 13.8. The van der Waals surface area contributed by atoms with Crippen LogP contribution in [0.4, 0.5) is 10.8 Å². The van der Waals surface area contributed by atoms with E-state index in [1.54, 1.807) is 12.1 Å². The van der Waals surface area contributed by atoms with Crippen molar-refractivity contribution in [1.82, 2.24) is 4.98 Å². The van der Waals surface area contributed by atoms with E-state index >= 15 is 0 Å². The lowest BCUT2D eigenvalue weighted by molar-refractivity contribution is -0.114. The van der Waals surface area contributed by atoms with Crippen LogP contribution in [0.2, 0.25) is 0 Å². The second kappa shape index (κ2) is 8.75. The molecule has 0 saturated carbocycles. The lowest BCUT2D eigenvalue weighted by Crippen LogP contribution is -2.13. The van der Waals surface area contributed by atoms with E-state index in [1.807, 2.05) is 17.5 Å². The number of nitrogens with one attached hydrogen (secondary N) is 2. The van der Waals surface area contributed by atoms with Crippen LogP contribution in [0.1, 0.15) is 38.7 Å². The van der Waals surface area contributed by atoms with Crippen molar-refractivity contribution in [2.24, 2.45) is 0 Å². The van der Waals surface area contributed by atoms with Crippen molar-refractivity contribution in [2.45, 2.75) is 38.0 Å². The molecular weight excluding hydrogens is 406 g/mol. The SMILES string of the molecule is CC[C@@H](C)c1ccc(-c2csc(NS(=O)(=O)c3ccc(NC(C)=O)cc3)n2)cc1. The third-order valence-corrected chi connectivity index (χ3v) is 6.84. The molecule has 0 aliphatic heterocycles. The largest absolute Gasteiger partial charge is 0.326 e. The minimum Gasteiger partial charge on any atom is -0.326 e. The van der Waals surface area contributed by atoms with E-state index in [9.17, 15) is 13.2 Å². The molecule has 6 nitrogen and oxygen atoms in total. The minimum atomic E-state index is -3.76. The summed E-state index contributed by atoms with van der Waals surface area (Å²) >= 11 is 1.23. The molecule has 1 atom stereocenters. The molecule has 0 unspecified atom stereocenters. The van der Waals surface area contributed by atoms with Gasteiger partial charge in [0.05, 0.1) is 10.6 Å². The Hall–Kier alpha value is -2.71. The van der Waals surface area contributed by atoms with Crippen LogP contribution in [0.3, 0.4) is 0 Å². The molecule has 0 aliphatic carbocycles. The van der Waals surface area contributed by atoms with Gasteiger partial charge in [-0.05, 0) is 42.2 Å². The molecule has 0 bridgehead atoms. The molecule has 29 heavy (non-hydrogen) atoms. The first-order valence-electron chi connectivity index (χ1n) is 9.25. The van der Waals surface area contributed by atoms with Crippen LogP contribution < -0.4 is 10.0 Å². The Bertz CT molecular complexity index is 1090. The fourth-order valence-corrected chi connectivity index (χ4v) is 4.74. The van der Waals surface area contributed by atoms with Gasteiger partial charge in [-0.2, -0.15) is 0 Å². The normalized spacial score (nSPS) is 12.4. The summed E-state index contributed by atoms with van der Waals surface area (Å²) in [6.45, 7) is 5.74. The van der Waals surface area contributed by atoms with Crippen LogP contribution >= 0.6 is 11.3 Å². The number of thiazole rings is 1. The second-order valence-electron chi connectivity index (χ2n) is 6.78. The summed E-state index contributed by atoms with van der Waals surface area (Å²) in [5.74, 6) is 0.283. The number of anilines is 2. The zero-order valence-electron chi connectivity index (χ0n) is 16.5. The van der Waals surface area contributed by atoms with Crippen molar-refractivity contribution in [1.29, 1.82) is 0 Å². The maximum atomic E-state index is 12.6. The molecule has 1 heterocycles. The lowest BCUT2D eigenvalue weighted by Gasteiger charge is -2.09. The third-order valence-electron chi connectivity index (χ3n) is 4.60. The predicted molar refractivity (Wildman–Crippen MR) is 118 cm³/mol. The Morgan fingerprint density at radius 3 is 2.34 bits per heavy atom. The summed E-state index contributed by atoms with van der Waals surface area (Å²) in [6, 6.07) is 14.2. The average molecular weight is 430 g/mol. The summed E-state index contributed by atoms with van der Waals surface area (Å²) in [7, 11) is -3.76. The van der Waals surface area contributed by atoms with E-state index in [1.165, 1.54) is 36.0 Å². The number of benzene rings is 2. The highest BCUT2D eigenvalue weighted by Crippen LogP contribution is 2.28. The van der Waals surface area contributed by atoms with Crippen molar-refractivity contribution >= 4 is 38.1 Å². The molecule has 0 saturated heterocycles. The molecule has 1 amide bonds. The maximum absolute atomic E-state index is 12.6. The van der Waals surface area contributed by atoms with Crippen LogP contribution in [0.25, 0.3) is 11.3 Å². The van der Waals surface area contributed by atoms with E-state index < -0.39 is 10.0 Å². The Kier molecular flexibility index (Phi) is 6.34. The van der Waals surface area contributed by atoms with Gasteiger partial charge in [0.15, 0.2) is 5.13 Å². The van der Waals surface area contributed by atoms with E-state index in [2.05, 4.69) is 41.0 Å². The van der Waals surface area contributed by atoms with Gasteiger partial charge in [0.25, 0.3) is 10.0 Å². The molecule has 0 spiro atoms. The minimum absolute atomic E-state index is 0.0984. The fourth-order valence-electron chi connectivity index (χ4n) is 2.77. The van der Waals surface area contributed by atoms with Gasteiger partial charge in [-0.1, -0.05) is 38.1 Å². The number of sulfonamides is 1. The molecule has 0 radical (unpaired) electrons. The number of carbonyl (C=O) groups excluding carboxylic acids is 1. The number of nitrogens with zero attached hydrogens (tertiary/aromatic N) is 1.